The molecule has 0 saturated heterocycles. The van der Waals surface area contributed by atoms with E-state index in [0.29, 0.717) is 42.8 Å². The number of nitrogens with one attached hydrogen (secondary N) is 1. The van der Waals surface area contributed by atoms with Crippen LogP contribution in [0, 0.1) is 0 Å². The largest absolute Gasteiger partial charge is 0.493 e. The second kappa shape index (κ2) is 12.5. The van der Waals surface area contributed by atoms with Gasteiger partial charge in [-0.1, -0.05) is 77.8 Å². The second-order valence-corrected chi connectivity index (χ2v) is 10.4. The van der Waals surface area contributed by atoms with Crippen LogP contribution in [-0.4, -0.2) is 24.2 Å². The molecule has 200 valence electrons. The lowest BCUT2D eigenvalue weighted by molar-refractivity contribution is 0.0956. The van der Waals surface area contributed by atoms with E-state index in [4.69, 9.17) is 37.7 Å². The zero-order chi connectivity index (χ0) is 28.1. The van der Waals surface area contributed by atoms with Crippen molar-refractivity contribution in [2.75, 3.05) is 7.11 Å². The molecule has 0 aliphatic heterocycles. The third-order valence-electron chi connectivity index (χ3n) is 6.06. The molecule has 1 heterocycles. The quantitative estimate of drug-likeness (QED) is 0.138. The summed E-state index contributed by atoms with van der Waals surface area (Å²) in [4.78, 5) is 18.0. The SMILES string of the molecule is COc1cc(/C=N/NC(=O)c2cc(-c3ccccc3)nc3ccccc23)c(Br)cc1OCc1ccc(Cl)c(Cl)c1. The Labute approximate surface area is 249 Å². The van der Waals surface area contributed by atoms with E-state index in [0.717, 1.165) is 22.0 Å². The van der Waals surface area contributed by atoms with Gasteiger partial charge in [-0.3, -0.25) is 4.79 Å². The lowest BCUT2D eigenvalue weighted by Gasteiger charge is -2.13. The molecule has 0 bridgehead atoms. The molecule has 0 unspecified atom stereocenters. The zero-order valence-electron chi connectivity index (χ0n) is 21.2. The average Bonchev–Trinajstić information content (AvgIpc) is 2.98. The maximum absolute atomic E-state index is 13.2. The van der Waals surface area contributed by atoms with E-state index in [1.807, 2.05) is 60.7 Å². The minimum Gasteiger partial charge on any atom is -0.493 e. The van der Waals surface area contributed by atoms with E-state index in [2.05, 4.69) is 26.5 Å². The van der Waals surface area contributed by atoms with Crippen LogP contribution in [0.2, 0.25) is 10.0 Å². The van der Waals surface area contributed by atoms with E-state index >= 15 is 0 Å². The fourth-order valence-electron chi connectivity index (χ4n) is 4.05. The molecule has 40 heavy (non-hydrogen) atoms. The zero-order valence-corrected chi connectivity index (χ0v) is 24.3. The molecule has 4 aromatic carbocycles. The molecule has 0 spiro atoms. The molecule has 0 aliphatic carbocycles. The highest BCUT2D eigenvalue weighted by atomic mass is 79.9. The molecule has 0 radical (unpaired) electrons. The van der Waals surface area contributed by atoms with Crippen molar-refractivity contribution in [3.63, 3.8) is 0 Å². The van der Waals surface area contributed by atoms with Gasteiger partial charge in [0.1, 0.15) is 6.61 Å². The summed E-state index contributed by atoms with van der Waals surface area (Å²) in [5.74, 6) is 0.679. The molecular weight excluding hydrogens is 613 g/mol. The number of pyridine rings is 1. The van der Waals surface area contributed by atoms with Gasteiger partial charge in [0, 0.05) is 21.0 Å². The van der Waals surface area contributed by atoms with Crippen molar-refractivity contribution >= 4 is 62.2 Å². The number of hydrogen-bond acceptors (Lipinski definition) is 5. The van der Waals surface area contributed by atoms with Crippen molar-refractivity contribution in [2.24, 2.45) is 5.10 Å². The van der Waals surface area contributed by atoms with Crippen LogP contribution in [0.3, 0.4) is 0 Å². The predicted molar refractivity (Wildman–Crippen MR) is 164 cm³/mol. The van der Waals surface area contributed by atoms with Crippen LogP contribution in [0.4, 0.5) is 0 Å². The normalized spacial score (nSPS) is 11.1. The molecular formula is C31H22BrCl2N3O3. The monoisotopic (exact) mass is 633 g/mol. The predicted octanol–water partition coefficient (Wildman–Crippen LogP) is 8.32. The van der Waals surface area contributed by atoms with Crippen LogP contribution in [0.5, 0.6) is 11.5 Å². The van der Waals surface area contributed by atoms with Gasteiger partial charge in [0.05, 0.1) is 40.1 Å². The van der Waals surface area contributed by atoms with E-state index in [-0.39, 0.29) is 12.5 Å². The Balaban J connectivity index is 1.34. The minimum absolute atomic E-state index is 0.272. The van der Waals surface area contributed by atoms with Crippen LogP contribution in [0.25, 0.3) is 22.2 Å². The summed E-state index contributed by atoms with van der Waals surface area (Å²) in [5, 5.41) is 5.88. The van der Waals surface area contributed by atoms with Gasteiger partial charge in [-0.15, -0.1) is 0 Å². The molecule has 5 aromatic rings. The molecule has 0 saturated carbocycles. The molecule has 1 amide bonds. The first-order valence-electron chi connectivity index (χ1n) is 12.2. The third kappa shape index (κ3) is 6.28. The Hall–Kier alpha value is -3.91. The first-order valence-corrected chi connectivity index (χ1v) is 13.7. The van der Waals surface area contributed by atoms with Crippen LogP contribution in [-0.2, 0) is 6.61 Å². The highest BCUT2D eigenvalue weighted by molar-refractivity contribution is 9.10. The van der Waals surface area contributed by atoms with Gasteiger partial charge in [-0.25, -0.2) is 10.4 Å². The number of methoxy groups -OCH3 is 1. The van der Waals surface area contributed by atoms with Gasteiger partial charge in [-0.05, 0) is 57.9 Å². The fourth-order valence-corrected chi connectivity index (χ4v) is 4.80. The number of nitrogens with zero attached hydrogens (tertiary/aromatic N) is 2. The topological polar surface area (TPSA) is 72.8 Å². The summed E-state index contributed by atoms with van der Waals surface area (Å²) >= 11 is 15.7. The number of carbonyl (C=O) groups is 1. The summed E-state index contributed by atoms with van der Waals surface area (Å²) in [6.07, 6.45) is 1.54. The smallest absolute Gasteiger partial charge is 0.272 e. The number of rotatable bonds is 8. The number of hydrogen-bond donors (Lipinski definition) is 1. The molecule has 1 aromatic heterocycles. The van der Waals surface area contributed by atoms with Crippen LogP contribution < -0.4 is 14.9 Å². The Morgan fingerprint density at radius 2 is 1.73 bits per heavy atom. The summed E-state index contributed by atoms with van der Waals surface area (Å²) in [6.45, 7) is 0.272. The lowest BCUT2D eigenvalue weighted by atomic mass is 10.0. The van der Waals surface area contributed by atoms with Crippen molar-refractivity contribution < 1.29 is 14.3 Å². The van der Waals surface area contributed by atoms with Crippen molar-refractivity contribution in [3.05, 3.63) is 122 Å². The summed E-state index contributed by atoms with van der Waals surface area (Å²) in [7, 11) is 1.55. The molecule has 5 rings (SSSR count). The molecule has 0 atom stereocenters. The number of aromatic nitrogens is 1. The summed E-state index contributed by atoms with van der Waals surface area (Å²) in [6, 6.07) is 27.9. The van der Waals surface area contributed by atoms with E-state index in [9.17, 15) is 4.79 Å². The number of fused-ring (bicyclic) bond motifs is 1. The van der Waals surface area contributed by atoms with Gasteiger partial charge in [0.2, 0.25) is 0 Å². The number of carbonyl (C=O) groups excluding carboxylic acids is 1. The molecule has 0 fully saturated rings. The van der Waals surface area contributed by atoms with Crippen LogP contribution in [0.1, 0.15) is 21.5 Å². The first kappa shape index (κ1) is 27.6. The standard InChI is InChI=1S/C31H22BrCl2N3O3/c1-39-29-14-21(24(32)16-30(29)40-18-19-11-12-25(33)26(34)13-19)17-35-37-31(38)23-15-28(20-7-3-2-4-8-20)36-27-10-6-5-9-22(23)27/h2-17H,18H2,1H3,(H,37,38)/b35-17+. The number of halogens is 3. The summed E-state index contributed by atoms with van der Waals surface area (Å²) < 4.78 is 12.2. The molecule has 6 nitrogen and oxygen atoms in total. The Morgan fingerprint density at radius 1 is 0.950 bits per heavy atom. The maximum Gasteiger partial charge on any atom is 0.272 e. The third-order valence-corrected chi connectivity index (χ3v) is 7.49. The Bertz CT molecular complexity index is 1730. The molecule has 1 N–H and O–H groups in total. The van der Waals surface area contributed by atoms with Crippen molar-refractivity contribution in [1.29, 1.82) is 0 Å². The van der Waals surface area contributed by atoms with E-state index in [1.54, 1.807) is 37.4 Å². The van der Waals surface area contributed by atoms with Gasteiger partial charge in [0.25, 0.3) is 5.91 Å². The number of hydrazone groups is 1. The van der Waals surface area contributed by atoms with Gasteiger partial charge in [-0.2, -0.15) is 5.10 Å². The van der Waals surface area contributed by atoms with E-state index < -0.39 is 0 Å². The lowest BCUT2D eigenvalue weighted by Crippen LogP contribution is -2.18. The Kier molecular flexibility index (Phi) is 8.65. The van der Waals surface area contributed by atoms with Crippen LogP contribution >= 0.6 is 39.1 Å². The van der Waals surface area contributed by atoms with E-state index in [1.165, 1.54) is 6.21 Å². The molecule has 9 heteroatoms. The number of para-hydroxylation sites is 1. The van der Waals surface area contributed by atoms with Crippen molar-refractivity contribution in [2.45, 2.75) is 6.61 Å². The first-order chi connectivity index (χ1) is 19.4. The molecule has 0 aliphatic rings. The van der Waals surface area contributed by atoms with Crippen molar-refractivity contribution in [1.82, 2.24) is 10.4 Å². The number of ether oxygens (including phenoxy) is 2. The van der Waals surface area contributed by atoms with Gasteiger partial charge in [0.15, 0.2) is 11.5 Å². The summed E-state index contributed by atoms with van der Waals surface area (Å²) in [5.41, 5.74) is 7.01. The van der Waals surface area contributed by atoms with Crippen molar-refractivity contribution in [3.8, 4) is 22.8 Å². The maximum atomic E-state index is 13.2. The minimum atomic E-state index is -0.350. The van der Waals surface area contributed by atoms with Gasteiger partial charge < -0.3 is 9.47 Å². The highest BCUT2D eigenvalue weighted by Gasteiger charge is 2.14. The highest BCUT2D eigenvalue weighted by Crippen LogP contribution is 2.34. The number of amides is 1. The number of benzene rings is 4. The Morgan fingerprint density at radius 3 is 2.50 bits per heavy atom. The fraction of sp³-hybridized carbons (Fsp3) is 0.0645. The van der Waals surface area contributed by atoms with Gasteiger partial charge >= 0.3 is 0 Å². The average molecular weight is 635 g/mol. The van der Waals surface area contributed by atoms with Crippen LogP contribution in [0.15, 0.2) is 101 Å². The second-order valence-electron chi connectivity index (χ2n) is 8.70.